The largest absolute Gasteiger partial charge is 0.508 e. The van der Waals surface area contributed by atoms with Gasteiger partial charge in [-0.3, -0.25) is 4.90 Å². The number of phenols is 1. The molecule has 1 N–H and O–H groups in total. The third kappa shape index (κ3) is 4.93. The van der Waals surface area contributed by atoms with E-state index in [-0.39, 0.29) is 11.8 Å². The molecule has 23 heavy (non-hydrogen) atoms. The molecule has 0 spiro atoms. The van der Waals surface area contributed by atoms with Gasteiger partial charge in [0.15, 0.2) is 0 Å². The highest BCUT2D eigenvalue weighted by Gasteiger charge is 2.28. The molecule has 0 amide bonds. The summed E-state index contributed by atoms with van der Waals surface area (Å²) in [5, 5.41) is 9.67. The predicted molar refractivity (Wildman–Crippen MR) is 92.9 cm³/mol. The van der Waals surface area contributed by atoms with E-state index in [1.807, 2.05) is 12.1 Å². The normalized spacial score (nSPS) is 21.5. The van der Waals surface area contributed by atoms with Gasteiger partial charge >= 0.3 is 0 Å². The molecule has 0 bridgehead atoms. The molecule has 0 aromatic heterocycles. The fourth-order valence-electron chi connectivity index (χ4n) is 3.37. The van der Waals surface area contributed by atoms with Crippen molar-refractivity contribution in [2.24, 2.45) is 5.92 Å². The van der Waals surface area contributed by atoms with Gasteiger partial charge in [-0.05, 0) is 49.9 Å². The average Bonchev–Trinajstić information content (AvgIpc) is 2.51. The Labute approximate surface area is 140 Å². The van der Waals surface area contributed by atoms with E-state index in [0.29, 0.717) is 19.0 Å². The molecule has 2 atom stereocenters. The molecule has 1 aromatic rings. The van der Waals surface area contributed by atoms with Crippen molar-refractivity contribution in [1.29, 1.82) is 0 Å². The number of hydrogen-bond acceptors (Lipinski definition) is 4. The van der Waals surface area contributed by atoms with Gasteiger partial charge in [-0.2, -0.15) is 0 Å². The Hall–Kier alpha value is -1.11. The molecule has 1 heterocycles. The Morgan fingerprint density at radius 1 is 1.43 bits per heavy atom. The first kappa shape index (κ1) is 18.2. The fourth-order valence-corrected chi connectivity index (χ4v) is 4.31. The summed E-state index contributed by atoms with van der Waals surface area (Å²) in [5.74, 6) is 0.643. The van der Waals surface area contributed by atoms with Crippen LogP contribution in [-0.2, 0) is 10.0 Å². The van der Waals surface area contributed by atoms with Crippen molar-refractivity contribution in [3.8, 4) is 5.75 Å². The molecular formula is C17H28N2O3S. The summed E-state index contributed by atoms with van der Waals surface area (Å²) in [6.45, 7) is 7.28. The summed E-state index contributed by atoms with van der Waals surface area (Å²) in [6, 6.07) is 7.56. The Morgan fingerprint density at radius 2 is 2.17 bits per heavy atom. The number of aromatic hydroxyl groups is 1. The Morgan fingerprint density at radius 3 is 2.78 bits per heavy atom. The lowest BCUT2D eigenvalue weighted by Crippen LogP contribution is -2.43. The second-order valence-electron chi connectivity index (χ2n) is 6.49. The highest BCUT2D eigenvalue weighted by atomic mass is 32.2. The SMILES string of the molecule is CCN(C[C@@H]1CCCN(S(C)(=O)=O)C1)[C@@H](C)c1cccc(O)c1. The zero-order valence-corrected chi connectivity index (χ0v) is 15.1. The molecule has 0 unspecified atom stereocenters. The monoisotopic (exact) mass is 340 g/mol. The molecule has 1 saturated heterocycles. The van der Waals surface area contributed by atoms with Gasteiger partial charge in [0.2, 0.25) is 10.0 Å². The number of rotatable bonds is 6. The van der Waals surface area contributed by atoms with Crippen molar-refractivity contribution in [1.82, 2.24) is 9.21 Å². The van der Waals surface area contributed by atoms with Gasteiger partial charge in [-0.25, -0.2) is 12.7 Å². The molecule has 0 aliphatic carbocycles. The zero-order chi connectivity index (χ0) is 17.0. The van der Waals surface area contributed by atoms with E-state index >= 15 is 0 Å². The van der Waals surface area contributed by atoms with Crippen LogP contribution < -0.4 is 0 Å². The molecule has 0 radical (unpaired) electrons. The first-order chi connectivity index (χ1) is 10.8. The minimum Gasteiger partial charge on any atom is -0.508 e. The first-order valence-electron chi connectivity index (χ1n) is 8.29. The van der Waals surface area contributed by atoms with Crippen LogP contribution in [0.1, 0.15) is 38.3 Å². The Kier molecular flexibility index (Phi) is 6.06. The predicted octanol–water partition coefficient (Wildman–Crippen LogP) is 2.45. The number of nitrogens with zero attached hydrogens (tertiary/aromatic N) is 2. The number of hydrogen-bond donors (Lipinski definition) is 1. The lowest BCUT2D eigenvalue weighted by molar-refractivity contribution is 0.150. The lowest BCUT2D eigenvalue weighted by atomic mass is 9.97. The van der Waals surface area contributed by atoms with Crippen LogP contribution in [0, 0.1) is 5.92 Å². The van der Waals surface area contributed by atoms with Crippen molar-refractivity contribution in [2.75, 3.05) is 32.4 Å². The van der Waals surface area contributed by atoms with E-state index in [1.54, 1.807) is 16.4 Å². The van der Waals surface area contributed by atoms with Crippen LogP contribution in [0.3, 0.4) is 0 Å². The quantitative estimate of drug-likeness (QED) is 0.864. The van der Waals surface area contributed by atoms with E-state index in [9.17, 15) is 13.5 Å². The van der Waals surface area contributed by atoms with Crippen LogP contribution in [0.5, 0.6) is 5.75 Å². The van der Waals surface area contributed by atoms with Gasteiger partial charge in [0, 0.05) is 25.7 Å². The molecule has 1 fully saturated rings. The first-order valence-corrected chi connectivity index (χ1v) is 10.1. The van der Waals surface area contributed by atoms with Gasteiger partial charge in [-0.1, -0.05) is 19.1 Å². The van der Waals surface area contributed by atoms with Gasteiger partial charge < -0.3 is 5.11 Å². The number of piperidine rings is 1. The van der Waals surface area contributed by atoms with Gasteiger partial charge in [0.25, 0.3) is 0 Å². The van der Waals surface area contributed by atoms with E-state index in [2.05, 4.69) is 18.7 Å². The smallest absolute Gasteiger partial charge is 0.211 e. The van der Waals surface area contributed by atoms with Crippen LogP contribution in [0.25, 0.3) is 0 Å². The van der Waals surface area contributed by atoms with E-state index in [4.69, 9.17) is 0 Å². The second-order valence-corrected chi connectivity index (χ2v) is 8.47. The molecule has 130 valence electrons. The van der Waals surface area contributed by atoms with Crippen molar-refractivity contribution in [2.45, 2.75) is 32.7 Å². The summed E-state index contributed by atoms with van der Waals surface area (Å²) in [6.07, 6.45) is 3.29. The fraction of sp³-hybridized carbons (Fsp3) is 0.647. The zero-order valence-electron chi connectivity index (χ0n) is 14.3. The van der Waals surface area contributed by atoms with Crippen molar-refractivity contribution in [3.05, 3.63) is 29.8 Å². The van der Waals surface area contributed by atoms with Gasteiger partial charge in [0.1, 0.15) is 5.75 Å². The molecule has 1 aliphatic rings. The molecule has 1 aromatic carbocycles. The standard InChI is InChI=1S/C17H28N2O3S/c1-4-18(14(2)16-8-5-9-17(20)11-16)12-15-7-6-10-19(13-15)23(3,21)22/h5,8-9,11,14-15,20H,4,6-7,10,12-13H2,1-3H3/t14-,15-/m0/s1. The van der Waals surface area contributed by atoms with Gasteiger partial charge in [-0.15, -0.1) is 0 Å². The minimum absolute atomic E-state index is 0.195. The van der Waals surface area contributed by atoms with E-state index < -0.39 is 10.0 Å². The maximum absolute atomic E-state index is 11.8. The van der Waals surface area contributed by atoms with Gasteiger partial charge in [0.05, 0.1) is 6.26 Å². The third-order valence-corrected chi connectivity index (χ3v) is 6.02. The Bertz CT molecular complexity index is 618. The second kappa shape index (κ2) is 7.64. The highest BCUT2D eigenvalue weighted by molar-refractivity contribution is 7.88. The molecule has 1 aliphatic heterocycles. The summed E-state index contributed by atoms with van der Waals surface area (Å²) in [7, 11) is -3.10. The Balaban J connectivity index is 2.04. The molecule has 6 heteroatoms. The van der Waals surface area contributed by atoms with Crippen LogP contribution in [0.15, 0.2) is 24.3 Å². The summed E-state index contributed by atoms with van der Waals surface area (Å²) in [4.78, 5) is 2.35. The summed E-state index contributed by atoms with van der Waals surface area (Å²) in [5.41, 5.74) is 1.09. The van der Waals surface area contributed by atoms with E-state index in [1.165, 1.54) is 6.26 Å². The average molecular weight is 340 g/mol. The third-order valence-electron chi connectivity index (χ3n) is 4.75. The van der Waals surface area contributed by atoms with Crippen LogP contribution >= 0.6 is 0 Å². The van der Waals surface area contributed by atoms with E-state index in [0.717, 1.165) is 31.5 Å². The maximum Gasteiger partial charge on any atom is 0.211 e. The summed E-state index contributed by atoms with van der Waals surface area (Å²) >= 11 is 0. The van der Waals surface area contributed by atoms with Crippen molar-refractivity contribution < 1.29 is 13.5 Å². The minimum atomic E-state index is -3.10. The number of sulfonamides is 1. The number of benzene rings is 1. The molecule has 2 rings (SSSR count). The molecular weight excluding hydrogens is 312 g/mol. The topological polar surface area (TPSA) is 60.9 Å². The van der Waals surface area contributed by atoms with Crippen LogP contribution in [-0.4, -0.2) is 55.2 Å². The number of phenolic OH excluding ortho intramolecular Hbond substituents is 1. The maximum atomic E-state index is 11.8. The molecule has 5 nitrogen and oxygen atoms in total. The lowest BCUT2D eigenvalue weighted by Gasteiger charge is -2.36. The van der Waals surface area contributed by atoms with Crippen LogP contribution in [0.4, 0.5) is 0 Å². The summed E-state index contributed by atoms with van der Waals surface area (Å²) < 4.78 is 25.1. The van der Waals surface area contributed by atoms with Crippen LogP contribution in [0.2, 0.25) is 0 Å². The van der Waals surface area contributed by atoms with Crippen molar-refractivity contribution in [3.63, 3.8) is 0 Å². The molecule has 0 saturated carbocycles. The van der Waals surface area contributed by atoms with Crippen molar-refractivity contribution >= 4 is 10.0 Å². The highest BCUT2D eigenvalue weighted by Crippen LogP contribution is 2.26.